The Morgan fingerprint density at radius 3 is 1.89 bits per heavy atom. The van der Waals surface area contributed by atoms with E-state index in [1.807, 2.05) is 30.3 Å². The van der Waals surface area contributed by atoms with Crippen molar-refractivity contribution in [3.8, 4) is 0 Å². The SMILES string of the molecule is CCCCCC[C@H](C(=O)OCc1ccccc1)[C@H](O)C[C@H](CCCCC)O[Si](C(C)C)(C(C)C)C(C)C. The van der Waals surface area contributed by atoms with E-state index in [2.05, 4.69) is 55.4 Å². The van der Waals surface area contributed by atoms with Gasteiger partial charge in [0.15, 0.2) is 0 Å². The summed E-state index contributed by atoms with van der Waals surface area (Å²) >= 11 is 0. The lowest BCUT2D eigenvalue weighted by Crippen LogP contribution is -2.51. The maximum atomic E-state index is 13.3. The molecule has 214 valence electrons. The van der Waals surface area contributed by atoms with Gasteiger partial charge < -0.3 is 14.3 Å². The lowest BCUT2D eigenvalue weighted by Gasteiger charge is -2.45. The van der Waals surface area contributed by atoms with E-state index in [0.29, 0.717) is 29.5 Å². The Balaban J connectivity index is 3.08. The van der Waals surface area contributed by atoms with Gasteiger partial charge in [-0.25, -0.2) is 0 Å². The van der Waals surface area contributed by atoms with Crippen molar-refractivity contribution in [3.63, 3.8) is 0 Å². The van der Waals surface area contributed by atoms with Crippen molar-refractivity contribution < 1.29 is 19.1 Å². The predicted molar refractivity (Wildman–Crippen MR) is 159 cm³/mol. The van der Waals surface area contributed by atoms with E-state index in [1.165, 1.54) is 0 Å². The van der Waals surface area contributed by atoms with Crippen LogP contribution >= 0.6 is 0 Å². The standard InChI is InChI=1S/C32H58O4Si/c1-9-11-13-18-22-30(32(34)35-24-28-19-16-14-17-20-28)31(33)23-29(21-15-12-10-2)36-37(25(3)4,26(5)6)27(7)8/h14,16-17,19-20,25-27,29-31,33H,9-13,15,18,21-24H2,1-8H3/t29-,30-,31+/m0/s1. The van der Waals surface area contributed by atoms with Crippen LogP contribution in [0.25, 0.3) is 0 Å². The van der Waals surface area contributed by atoms with Crippen molar-refractivity contribution in [2.45, 2.75) is 155 Å². The summed E-state index contributed by atoms with van der Waals surface area (Å²) in [4.78, 5) is 13.3. The first kappa shape index (κ1) is 33.9. The van der Waals surface area contributed by atoms with Crippen LogP contribution in [0.3, 0.4) is 0 Å². The van der Waals surface area contributed by atoms with E-state index < -0.39 is 20.3 Å². The Bertz CT molecular complexity index is 697. The molecule has 37 heavy (non-hydrogen) atoms. The van der Waals surface area contributed by atoms with E-state index in [0.717, 1.165) is 56.9 Å². The second kappa shape index (κ2) is 18.2. The number of aliphatic hydroxyl groups is 1. The summed E-state index contributed by atoms with van der Waals surface area (Å²) < 4.78 is 12.9. The van der Waals surface area contributed by atoms with E-state index in [-0.39, 0.29) is 18.7 Å². The van der Waals surface area contributed by atoms with Crippen molar-refractivity contribution in [1.82, 2.24) is 0 Å². The molecule has 1 aromatic rings. The van der Waals surface area contributed by atoms with Crippen LogP contribution < -0.4 is 0 Å². The summed E-state index contributed by atoms with van der Waals surface area (Å²) in [5.41, 5.74) is 2.43. The minimum Gasteiger partial charge on any atom is -0.461 e. The number of aliphatic hydroxyl groups excluding tert-OH is 1. The van der Waals surface area contributed by atoms with Crippen LogP contribution in [0.5, 0.6) is 0 Å². The Kier molecular flexibility index (Phi) is 16.6. The van der Waals surface area contributed by atoms with Crippen molar-refractivity contribution >= 4 is 14.3 Å². The number of benzene rings is 1. The van der Waals surface area contributed by atoms with Gasteiger partial charge in [-0.3, -0.25) is 4.79 Å². The summed E-state index contributed by atoms with van der Waals surface area (Å²) in [7, 11) is -2.10. The van der Waals surface area contributed by atoms with E-state index >= 15 is 0 Å². The fraction of sp³-hybridized carbons (Fsp3) is 0.781. The first-order valence-electron chi connectivity index (χ1n) is 15.2. The summed E-state index contributed by atoms with van der Waals surface area (Å²) in [6.07, 6.45) is 9.03. The predicted octanol–water partition coefficient (Wildman–Crippen LogP) is 9.21. The number of carbonyl (C=O) groups excluding carboxylic acids is 1. The monoisotopic (exact) mass is 534 g/mol. The molecule has 0 aromatic heterocycles. The van der Waals surface area contributed by atoms with Crippen LogP contribution in [0, 0.1) is 5.92 Å². The van der Waals surface area contributed by atoms with Gasteiger partial charge in [0.05, 0.1) is 12.0 Å². The topological polar surface area (TPSA) is 55.8 Å². The molecule has 1 N–H and O–H groups in total. The first-order valence-corrected chi connectivity index (χ1v) is 17.3. The van der Waals surface area contributed by atoms with Gasteiger partial charge in [-0.2, -0.15) is 0 Å². The third-order valence-corrected chi connectivity index (χ3v) is 14.2. The van der Waals surface area contributed by atoms with Gasteiger partial charge in [-0.1, -0.05) is 131 Å². The molecule has 0 aliphatic heterocycles. The fourth-order valence-electron chi connectivity index (χ4n) is 6.07. The van der Waals surface area contributed by atoms with E-state index in [4.69, 9.17) is 9.16 Å². The first-order chi connectivity index (χ1) is 17.6. The third-order valence-electron chi connectivity index (χ3n) is 8.07. The zero-order valence-corrected chi connectivity index (χ0v) is 26.3. The van der Waals surface area contributed by atoms with Crippen molar-refractivity contribution in [2.24, 2.45) is 5.92 Å². The molecule has 0 aliphatic carbocycles. The lowest BCUT2D eigenvalue weighted by molar-refractivity contribution is -0.155. The van der Waals surface area contributed by atoms with Gasteiger partial charge in [-0.15, -0.1) is 0 Å². The number of unbranched alkanes of at least 4 members (excludes halogenated alkanes) is 5. The normalized spacial score (nSPS) is 14.8. The minimum absolute atomic E-state index is 0.0273. The van der Waals surface area contributed by atoms with Crippen LogP contribution in [0.1, 0.15) is 125 Å². The maximum absolute atomic E-state index is 13.3. The van der Waals surface area contributed by atoms with E-state index in [1.54, 1.807) is 0 Å². The number of carbonyl (C=O) groups is 1. The number of hydrogen-bond acceptors (Lipinski definition) is 4. The summed E-state index contributed by atoms with van der Waals surface area (Å²) in [5.74, 6) is -0.786. The molecule has 0 saturated carbocycles. The van der Waals surface area contributed by atoms with Crippen molar-refractivity contribution in [1.29, 1.82) is 0 Å². The molecule has 3 atom stereocenters. The number of hydrogen-bond donors (Lipinski definition) is 1. The molecule has 0 aliphatic rings. The maximum Gasteiger partial charge on any atom is 0.311 e. The van der Waals surface area contributed by atoms with E-state index in [9.17, 15) is 9.90 Å². The molecule has 0 radical (unpaired) electrons. The van der Waals surface area contributed by atoms with Gasteiger partial charge in [0.25, 0.3) is 0 Å². The second-order valence-corrected chi connectivity index (χ2v) is 17.3. The Morgan fingerprint density at radius 1 is 0.811 bits per heavy atom. The molecule has 0 spiro atoms. The molecule has 1 rings (SSSR count). The lowest BCUT2D eigenvalue weighted by atomic mass is 9.90. The van der Waals surface area contributed by atoms with Crippen molar-refractivity contribution in [2.75, 3.05) is 0 Å². The minimum atomic E-state index is -2.10. The third kappa shape index (κ3) is 11.2. The molecule has 4 nitrogen and oxygen atoms in total. The van der Waals surface area contributed by atoms with Gasteiger partial charge in [-0.05, 0) is 41.4 Å². The van der Waals surface area contributed by atoms with Crippen molar-refractivity contribution in [3.05, 3.63) is 35.9 Å². The zero-order valence-electron chi connectivity index (χ0n) is 25.3. The molecule has 0 heterocycles. The molecule has 0 unspecified atom stereocenters. The quantitative estimate of drug-likeness (QED) is 0.103. The Morgan fingerprint density at radius 2 is 1.35 bits per heavy atom. The molecule has 0 saturated heterocycles. The molecular formula is C32H58O4Si. The molecule has 0 fully saturated rings. The largest absolute Gasteiger partial charge is 0.461 e. The second-order valence-electron chi connectivity index (χ2n) is 11.9. The summed E-state index contributed by atoms with van der Waals surface area (Å²) in [5, 5.41) is 11.5. The average Bonchev–Trinajstić information content (AvgIpc) is 2.85. The number of rotatable bonds is 20. The van der Waals surface area contributed by atoms with Gasteiger partial charge in [0.2, 0.25) is 8.32 Å². The van der Waals surface area contributed by atoms with Crippen LogP contribution in [-0.4, -0.2) is 31.6 Å². The molecule has 0 bridgehead atoms. The van der Waals surface area contributed by atoms with Gasteiger partial charge >= 0.3 is 5.97 Å². The average molecular weight is 535 g/mol. The fourth-order valence-corrected chi connectivity index (χ4v) is 11.7. The highest BCUT2D eigenvalue weighted by Crippen LogP contribution is 2.44. The van der Waals surface area contributed by atoms with Crippen LogP contribution in [-0.2, 0) is 20.6 Å². The molecule has 5 heteroatoms. The van der Waals surface area contributed by atoms with Crippen LogP contribution in [0.2, 0.25) is 16.6 Å². The zero-order chi connectivity index (χ0) is 27.8. The van der Waals surface area contributed by atoms with Gasteiger partial charge in [0, 0.05) is 6.10 Å². The van der Waals surface area contributed by atoms with Crippen LogP contribution in [0.15, 0.2) is 30.3 Å². The highest BCUT2D eigenvalue weighted by molar-refractivity contribution is 6.77. The Labute approximate surface area is 230 Å². The number of esters is 1. The molecule has 0 amide bonds. The number of ether oxygens (including phenoxy) is 1. The smallest absolute Gasteiger partial charge is 0.311 e. The molecule has 1 aromatic carbocycles. The highest BCUT2D eigenvalue weighted by Gasteiger charge is 2.47. The molecular weight excluding hydrogens is 476 g/mol. The summed E-state index contributed by atoms with van der Waals surface area (Å²) in [6.45, 7) is 18.5. The summed E-state index contributed by atoms with van der Waals surface area (Å²) in [6, 6.07) is 9.79. The Hall–Kier alpha value is -1.17. The van der Waals surface area contributed by atoms with Gasteiger partial charge in [0.1, 0.15) is 6.61 Å². The van der Waals surface area contributed by atoms with Crippen LogP contribution in [0.4, 0.5) is 0 Å². The highest BCUT2D eigenvalue weighted by atomic mass is 28.4.